The lowest BCUT2D eigenvalue weighted by Gasteiger charge is -2.37. The summed E-state index contributed by atoms with van der Waals surface area (Å²) in [7, 11) is 4.00. The van der Waals surface area contributed by atoms with Gasteiger partial charge >= 0.3 is 5.97 Å². The SMILES string of the molecule is CCOC(=O)c1c(OCCCN(C)C)nc2ccc(Cl)cc2c1N1CCN(C(=O)C2=CCCO2)CC1. The second-order valence-electron chi connectivity index (χ2n) is 9.01. The van der Waals surface area contributed by atoms with Crippen LogP contribution in [0.25, 0.3) is 10.9 Å². The molecule has 0 aliphatic carbocycles. The second kappa shape index (κ2) is 11.8. The van der Waals surface area contributed by atoms with E-state index in [-0.39, 0.29) is 24.0 Å². The molecule has 1 aromatic carbocycles. The van der Waals surface area contributed by atoms with Gasteiger partial charge in [0.1, 0.15) is 5.56 Å². The van der Waals surface area contributed by atoms with Gasteiger partial charge in [0.25, 0.3) is 5.91 Å². The first-order chi connectivity index (χ1) is 17.4. The summed E-state index contributed by atoms with van der Waals surface area (Å²) in [6, 6.07) is 5.41. The number of carbonyl (C=O) groups excluding carboxylic acids is 2. The number of pyridine rings is 1. The van der Waals surface area contributed by atoms with Crippen LogP contribution >= 0.6 is 11.6 Å². The molecule has 194 valence electrons. The maximum absolute atomic E-state index is 13.2. The Morgan fingerprint density at radius 1 is 1.19 bits per heavy atom. The monoisotopic (exact) mass is 516 g/mol. The number of halogens is 1. The van der Waals surface area contributed by atoms with Crippen LogP contribution in [-0.2, 0) is 14.3 Å². The van der Waals surface area contributed by atoms with Crippen LogP contribution in [0.1, 0.15) is 30.1 Å². The molecule has 2 aromatic rings. The second-order valence-corrected chi connectivity index (χ2v) is 9.45. The van der Waals surface area contributed by atoms with E-state index in [0.29, 0.717) is 61.4 Å². The molecule has 0 atom stereocenters. The zero-order valence-electron chi connectivity index (χ0n) is 21.1. The van der Waals surface area contributed by atoms with Crippen molar-refractivity contribution in [1.82, 2.24) is 14.8 Å². The zero-order valence-corrected chi connectivity index (χ0v) is 21.8. The highest BCUT2D eigenvalue weighted by atomic mass is 35.5. The van der Waals surface area contributed by atoms with E-state index in [4.69, 9.17) is 25.8 Å². The van der Waals surface area contributed by atoms with Crippen LogP contribution in [0.3, 0.4) is 0 Å². The third kappa shape index (κ3) is 5.84. The molecule has 36 heavy (non-hydrogen) atoms. The molecule has 1 aromatic heterocycles. The van der Waals surface area contributed by atoms with Crippen molar-refractivity contribution in [2.24, 2.45) is 0 Å². The van der Waals surface area contributed by atoms with E-state index < -0.39 is 5.97 Å². The topological polar surface area (TPSA) is 84.4 Å². The Morgan fingerprint density at radius 2 is 1.97 bits per heavy atom. The Balaban J connectivity index is 1.68. The summed E-state index contributed by atoms with van der Waals surface area (Å²) < 4.78 is 17.0. The number of benzene rings is 1. The number of esters is 1. The van der Waals surface area contributed by atoms with E-state index >= 15 is 0 Å². The number of rotatable bonds is 9. The van der Waals surface area contributed by atoms with Gasteiger partial charge in [-0.05, 0) is 51.7 Å². The predicted molar refractivity (Wildman–Crippen MR) is 139 cm³/mol. The van der Waals surface area contributed by atoms with Gasteiger partial charge in [-0.25, -0.2) is 9.78 Å². The maximum Gasteiger partial charge on any atom is 0.345 e. The molecule has 0 bridgehead atoms. The first-order valence-corrected chi connectivity index (χ1v) is 12.7. The first-order valence-electron chi connectivity index (χ1n) is 12.3. The molecule has 0 unspecified atom stereocenters. The summed E-state index contributed by atoms with van der Waals surface area (Å²) in [6.07, 6.45) is 3.38. The highest BCUT2D eigenvalue weighted by Crippen LogP contribution is 2.38. The van der Waals surface area contributed by atoms with Gasteiger partial charge in [0.05, 0.1) is 31.0 Å². The van der Waals surface area contributed by atoms with Crippen molar-refractivity contribution >= 4 is 40.1 Å². The number of fused-ring (bicyclic) bond motifs is 1. The van der Waals surface area contributed by atoms with Crippen molar-refractivity contribution in [3.05, 3.63) is 40.6 Å². The quantitative estimate of drug-likeness (QED) is 0.370. The van der Waals surface area contributed by atoms with E-state index in [2.05, 4.69) is 14.8 Å². The minimum Gasteiger partial charge on any atom is -0.488 e. The number of carbonyl (C=O) groups is 2. The highest BCUT2D eigenvalue weighted by Gasteiger charge is 2.31. The fourth-order valence-electron chi connectivity index (χ4n) is 4.42. The standard InChI is InChI=1S/C26H33ClN4O5/c1-4-34-26(33)22-23(30-11-13-31(14-12-30)25(32)21-7-5-15-35-21)19-17-18(27)8-9-20(19)28-24(22)36-16-6-10-29(2)3/h7-9,17H,4-6,10-16H2,1-3H3. The molecule has 9 nitrogen and oxygen atoms in total. The molecule has 3 heterocycles. The lowest BCUT2D eigenvalue weighted by molar-refractivity contribution is -0.130. The minimum absolute atomic E-state index is 0.0923. The van der Waals surface area contributed by atoms with Crippen LogP contribution in [0.2, 0.25) is 5.02 Å². The van der Waals surface area contributed by atoms with Gasteiger partial charge in [0, 0.05) is 49.6 Å². The van der Waals surface area contributed by atoms with Crippen molar-refractivity contribution in [3.8, 4) is 5.88 Å². The summed E-state index contributed by atoms with van der Waals surface area (Å²) in [5.74, 6) is 0.0862. The number of piperazine rings is 1. The molecule has 0 N–H and O–H groups in total. The van der Waals surface area contributed by atoms with E-state index in [1.54, 1.807) is 17.9 Å². The van der Waals surface area contributed by atoms with Crippen LogP contribution in [0.15, 0.2) is 30.0 Å². The number of nitrogens with zero attached hydrogens (tertiary/aromatic N) is 4. The summed E-state index contributed by atoms with van der Waals surface area (Å²) in [5, 5.41) is 1.28. The third-order valence-corrected chi connectivity index (χ3v) is 6.39. The van der Waals surface area contributed by atoms with Crippen molar-refractivity contribution in [1.29, 1.82) is 0 Å². The van der Waals surface area contributed by atoms with Gasteiger partial charge in [0.15, 0.2) is 5.76 Å². The molecule has 0 spiro atoms. The Labute approximate surface area is 216 Å². The van der Waals surface area contributed by atoms with Gasteiger partial charge in [-0.15, -0.1) is 0 Å². The Hall–Kier alpha value is -3.04. The molecule has 1 amide bonds. The molecular weight excluding hydrogens is 484 g/mol. The third-order valence-electron chi connectivity index (χ3n) is 6.15. The largest absolute Gasteiger partial charge is 0.488 e. The first kappa shape index (κ1) is 26.0. The summed E-state index contributed by atoms with van der Waals surface area (Å²) >= 11 is 6.36. The van der Waals surface area contributed by atoms with Gasteiger partial charge in [-0.2, -0.15) is 0 Å². The van der Waals surface area contributed by atoms with Crippen LogP contribution in [0, 0.1) is 0 Å². The van der Waals surface area contributed by atoms with Crippen molar-refractivity contribution in [2.75, 3.05) is 71.5 Å². The lowest BCUT2D eigenvalue weighted by Crippen LogP contribution is -2.49. The summed E-state index contributed by atoms with van der Waals surface area (Å²) in [5.41, 5.74) is 1.64. The van der Waals surface area contributed by atoms with Crippen molar-refractivity contribution in [3.63, 3.8) is 0 Å². The van der Waals surface area contributed by atoms with Gasteiger partial charge in [0.2, 0.25) is 5.88 Å². The Morgan fingerprint density at radius 3 is 2.64 bits per heavy atom. The summed E-state index contributed by atoms with van der Waals surface area (Å²) in [6.45, 7) is 5.83. The Kier molecular flexibility index (Phi) is 8.53. The molecule has 1 saturated heterocycles. The van der Waals surface area contributed by atoms with Crippen LogP contribution < -0.4 is 9.64 Å². The molecular formula is C26H33ClN4O5. The smallest absolute Gasteiger partial charge is 0.345 e. The van der Waals surface area contributed by atoms with Crippen LogP contribution in [-0.4, -0.2) is 93.3 Å². The van der Waals surface area contributed by atoms with Crippen LogP contribution in [0.4, 0.5) is 5.69 Å². The average Bonchev–Trinajstić information content (AvgIpc) is 3.41. The maximum atomic E-state index is 13.2. The number of ether oxygens (including phenoxy) is 3. The molecule has 0 saturated carbocycles. The number of anilines is 1. The van der Waals surface area contributed by atoms with E-state index in [1.165, 1.54) is 0 Å². The van der Waals surface area contributed by atoms with E-state index in [1.807, 2.05) is 32.3 Å². The Bertz CT molecular complexity index is 1140. The van der Waals surface area contributed by atoms with E-state index in [0.717, 1.165) is 24.8 Å². The molecule has 10 heteroatoms. The van der Waals surface area contributed by atoms with Crippen LogP contribution in [0.5, 0.6) is 5.88 Å². The normalized spacial score (nSPS) is 15.8. The molecule has 2 aliphatic heterocycles. The van der Waals surface area contributed by atoms with Gasteiger partial charge in [-0.3, -0.25) is 4.79 Å². The highest BCUT2D eigenvalue weighted by molar-refractivity contribution is 6.31. The van der Waals surface area contributed by atoms with Crippen molar-refractivity contribution in [2.45, 2.75) is 19.8 Å². The zero-order chi connectivity index (χ0) is 25.7. The summed E-state index contributed by atoms with van der Waals surface area (Å²) in [4.78, 5) is 36.7. The average molecular weight is 517 g/mol. The molecule has 2 aliphatic rings. The number of hydrogen-bond acceptors (Lipinski definition) is 8. The van der Waals surface area contributed by atoms with Crippen molar-refractivity contribution < 1.29 is 23.8 Å². The number of amides is 1. The predicted octanol–water partition coefficient (Wildman–Crippen LogP) is 3.35. The minimum atomic E-state index is -0.493. The molecule has 1 fully saturated rings. The fraction of sp³-hybridized carbons (Fsp3) is 0.500. The van der Waals surface area contributed by atoms with E-state index in [9.17, 15) is 9.59 Å². The molecule has 0 radical (unpaired) electrons. The lowest BCUT2D eigenvalue weighted by atomic mass is 10.1. The van der Waals surface area contributed by atoms with Gasteiger partial charge < -0.3 is 28.9 Å². The number of aromatic nitrogens is 1. The molecule has 4 rings (SSSR count). The fourth-order valence-corrected chi connectivity index (χ4v) is 4.59. The number of hydrogen-bond donors (Lipinski definition) is 0. The van der Waals surface area contributed by atoms with Gasteiger partial charge in [-0.1, -0.05) is 11.6 Å².